The largest absolute Gasteiger partial charge is 0.487 e. The molecule has 1 unspecified atom stereocenters. The molecule has 20 heavy (non-hydrogen) atoms. The molecule has 5 nitrogen and oxygen atoms in total. The number of rotatable bonds is 5. The third-order valence-electron chi connectivity index (χ3n) is 3.35. The topological polar surface area (TPSA) is 66.8 Å². The Morgan fingerprint density at radius 3 is 2.85 bits per heavy atom. The number of ketones is 1. The van der Waals surface area contributed by atoms with Gasteiger partial charge in [0.1, 0.15) is 11.9 Å². The van der Waals surface area contributed by atoms with E-state index in [1.807, 2.05) is 26.1 Å². The van der Waals surface area contributed by atoms with E-state index in [9.17, 15) is 9.59 Å². The molecule has 0 bridgehead atoms. The maximum atomic E-state index is 12.0. The smallest absolute Gasteiger partial charge is 0.303 e. The number of Topliss-reactive ketones (excluding diaryl/α,β-unsaturated/α-hetero) is 1. The van der Waals surface area contributed by atoms with E-state index in [0.717, 1.165) is 18.0 Å². The number of ether oxygens (including phenoxy) is 1. The number of anilines is 1. The van der Waals surface area contributed by atoms with E-state index in [2.05, 4.69) is 4.90 Å². The monoisotopic (exact) mass is 277 g/mol. The third kappa shape index (κ3) is 3.29. The lowest BCUT2D eigenvalue weighted by Gasteiger charge is -2.32. The van der Waals surface area contributed by atoms with Gasteiger partial charge in [0.2, 0.25) is 0 Å². The van der Waals surface area contributed by atoms with Gasteiger partial charge in [0.05, 0.1) is 12.2 Å². The first kappa shape index (κ1) is 14.4. The van der Waals surface area contributed by atoms with Gasteiger partial charge in [-0.15, -0.1) is 0 Å². The Morgan fingerprint density at radius 1 is 1.40 bits per heavy atom. The number of carboxylic acids is 1. The van der Waals surface area contributed by atoms with Crippen molar-refractivity contribution in [2.45, 2.75) is 32.3 Å². The number of aliphatic carboxylic acids is 1. The van der Waals surface area contributed by atoms with E-state index in [0.29, 0.717) is 12.0 Å². The highest BCUT2D eigenvalue weighted by Gasteiger charge is 2.21. The molecule has 0 spiro atoms. The fraction of sp³-hybridized carbons (Fsp3) is 0.467. The summed E-state index contributed by atoms with van der Waals surface area (Å²) in [6, 6.07) is 5.38. The molecule has 1 aromatic rings. The minimum atomic E-state index is -0.870. The molecule has 108 valence electrons. The molecule has 0 aromatic heterocycles. The normalized spacial score (nSPS) is 17.3. The molecule has 0 saturated heterocycles. The van der Waals surface area contributed by atoms with Gasteiger partial charge in [0, 0.05) is 25.5 Å². The number of hydrogen-bond acceptors (Lipinski definition) is 4. The van der Waals surface area contributed by atoms with Gasteiger partial charge in [-0.1, -0.05) is 0 Å². The highest BCUT2D eigenvalue weighted by atomic mass is 16.5. The van der Waals surface area contributed by atoms with Gasteiger partial charge in [-0.2, -0.15) is 0 Å². The summed E-state index contributed by atoms with van der Waals surface area (Å²) in [6.07, 6.45) is 0.780. The second-order valence-corrected chi connectivity index (χ2v) is 5.16. The first-order chi connectivity index (χ1) is 9.47. The van der Waals surface area contributed by atoms with Crippen LogP contribution in [0.3, 0.4) is 0 Å². The van der Waals surface area contributed by atoms with Crippen LogP contribution in [-0.4, -0.2) is 36.6 Å². The van der Waals surface area contributed by atoms with E-state index < -0.39 is 5.97 Å². The zero-order chi connectivity index (χ0) is 14.7. The lowest BCUT2D eigenvalue weighted by molar-refractivity contribution is -0.137. The molecule has 0 amide bonds. The van der Waals surface area contributed by atoms with Crippen molar-refractivity contribution in [1.82, 2.24) is 0 Å². The molecule has 0 radical (unpaired) electrons. The van der Waals surface area contributed by atoms with Crippen molar-refractivity contribution in [2.75, 3.05) is 18.5 Å². The second kappa shape index (κ2) is 5.94. The van der Waals surface area contributed by atoms with Gasteiger partial charge in [-0.25, -0.2) is 0 Å². The minimum Gasteiger partial charge on any atom is -0.487 e. The summed E-state index contributed by atoms with van der Waals surface area (Å²) in [5.41, 5.74) is 1.52. The maximum absolute atomic E-state index is 12.0. The van der Waals surface area contributed by atoms with Gasteiger partial charge in [-0.3, -0.25) is 9.59 Å². The summed E-state index contributed by atoms with van der Waals surface area (Å²) in [6.45, 7) is 2.79. The molecule has 1 aliphatic heterocycles. The van der Waals surface area contributed by atoms with Crippen LogP contribution < -0.4 is 9.64 Å². The maximum Gasteiger partial charge on any atom is 0.303 e. The third-order valence-corrected chi connectivity index (χ3v) is 3.35. The Bertz CT molecular complexity index is 527. The predicted octanol–water partition coefficient (Wildman–Crippen LogP) is 2.34. The minimum absolute atomic E-state index is 0.0250. The first-order valence-corrected chi connectivity index (χ1v) is 6.74. The number of nitrogens with zero attached hydrogens (tertiary/aromatic N) is 1. The van der Waals surface area contributed by atoms with E-state index in [-0.39, 0.29) is 24.7 Å². The van der Waals surface area contributed by atoms with Crippen LogP contribution in [0.25, 0.3) is 0 Å². The fourth-order valence-corrected chi connectivity index (χ4v) is 2.37. The van der Waals surface area contributed by atoms with E-state index in [1.54, 1.807) is 6.07 Å². The van der Waals surface area contributed by atoms with E-state index in [1.165, 1.54) is 0 Å². The van der Waals surface area contributed by atoms with Gasteiger partial charge >= 0.3 is 5.97 Å². The summed E-state index contributed by atoms with van der Waals surface area (Å²) in [5, 5.41) is 8.58. The molecule has 1 aliphatic rings. The molecule has 2 rings (SSSR count). The molecular formula is C15H19NO4. The second-order valence-electron chi connectivity index (χ2n) is 5.16. The molecule has 1 N–H and O–H groups in total. The first-order valence-electron chi connectivity index (χ1n) is 6.74. The zero-order valence-electron chi connectivity index (χ0n) is 11.8. The Hall–Kier alpha value is -2.04. The molecule has 0 fully saturated rings. The van der Waals surface area contributed by atoms with Crippen LogP contribution in [0.2, 0.25) is 0 Å². The Kier molecular flexibility index (Phi) is 4.27. The van der Waals surface area contributed by atoms with Crippen molar-refractivity contribution >= 4 is 17.4 Å². The number of fused-ring (bicyclic) bond motifs is 1. The summed E-state index contributed by atoms with van der Waals surface area (Å²) in [4.78, 5) is 24.5. The molecule has 1 atom stereocenters. The van der Waals surface area contributed by atoms with Crippen molar-refractivity contribution in [3.8, 4) is 5.75 Å². The number of carboxylic acid groups (broad SMARTS) is 1. The van der Waals surface area contributed by atoms with Crippen molar-refractivity contribution in [3.63, 3.8) is 0 Å². The van der Waals surface area contributed by atoms with Crippen molar-refractivity contribution < 1.29 is 19.4 Å². The molecule has 5 heteroatoms. The van der Waals surface area contributed by atoms with E-state index in [4.69, 9.17) is 9.84 Å². The Labute approximate surface area is 118 Å². The van der Waals surface area contributed by atoms with E-state index >= 15 is 0 Å². The standard InChI is InChI=1S/C15H19NO4/c1-10-9-16(2)12-8-11(6-7-14(12)20-10)13(17)4-3-5-15(18)19/h6-8,10H,3-5,9H2,1-2H3,(H,18,19). The summed E-state index contributed by atoms with van der Waals surface area (Å²) in [7, 11) is 1.97. The van der Waals surface area contributed by atoms with Crippen molar-refractivity contribution in [3.05, 3.63) is 23.8 Å². The number of likely N-dealkylation sites (N-methyl/N-ethyl adjacent to an activating group) is 1. The van der Waals surface area contributed by atoms with Crippen LogP contribution in [0.15, 0.2) is 18.2 Å². The molecular weight excluding hydrogens is 258 g/mol. The van der Waals surface area contributed by atoms with Crippen LogP contribution in [0.4, 0.5) is 5.69 Å². The molecule has 1 aromatic carbocycles. The number of benzene rings is 1. The fourth-order valence-electron chi connectivity index (χ4n) is 2.37. The van der Waals surface area contributed by atoms with Crippen molar-refractivity contribution in [1.29, 1.82) is 0 Å². The van der Waals surface area contributed by atoms with Gasteiger partial charge in [-0.05, 0) is 31.5 Å². The molecule has 1 heterocycles. The number of hydrogen-bond donors (Lipinski definition) is 1. The van der Waals surface area contributed by atoms with Crippen LogP contribution >= 0.6 is 0 Å². The van der Waals surface area contributed by atoms with Crippen LogP contribution in [0.1, 0.15) is 36.5 Å². The molecule has 0 saturated carbocycles. The molecule has 0 aliphatic carbocycles. The quantitative estimate of drug-likeness (QED) is 0.837. The average molecular weight is 277 g/mol. The summed E-state index contributed by atoms with van der Waals surface area (Å²) < 4.78 is 5.72. The average Bonchev–Trinajstić information content (AvgIpc) is 2.37. The summed E-state index contributed by atoms with van der Waals surface area (Å²) >= 11 is 0. The van der Waals surface area contributed by atoms with Crippen LogP contribution in [0.5, 0.6) is 5.75 Å². The van der Waals surface area contributed by atoms with Crippen LogP contribution in [-0.2, 0) is 4.79 Å². The Morgan fingerprint density at radius 2 is 2.15 bits per heavy atom. The Balaban J connectivity index is 2.08. The van der Waals surface area contributed by atoms with Gasteiger partial charge < -0.3 is 14.7 Å². The number of carbonyl (C=O) groups excluding carboxylic acids is 1. The van der Waals surface area contributed by atoms with Gasteiger partial charge in [0.15, 0.2) is 5.78 Å². The highest BCUT2D eigenvalue weighted by Crippen LogP contribution is 2.33. The summed E-state index contributed by atoms with van der Waals surface area (Å²) in [5.74, 6) is -0.111. The van der Waals surface area contributed by atoms with Gasteiger partial charge in [0.25, 0.3) is 0 Å². The predicted molar refractivity (Wildman–Crippen MR) is 75.6 cm³/mol. The lowest BCUT2D eigenvalue weighted by Crippen LogP contribution is -2.35. The SMILES string of the molecule is CC1CN(C)c2cc(C(=O)CCCC(=O)O)ccc2O1. The zero-order valence-corrected chi connectivity index (χ0v) is 11.8. The highest BCUT2D eigenvalue weighted by molar-refractivity contribution is 5.97. The van der Waals surface area contributed by atoms with Crippen LogP contribution in [0, 0.1) is 0 Å². The lowest BCUT2D eigenvalue weighted by atomic mass is 10.0. The number of carbonyl (C=O) groups is 2. The van der Waals surface area contributed by atoms with Crippen molar-refractivity contribution in [2.24, 2.45) is 0 Å².